The lowest BCUT2D eigenvalue weighted by molar-refractivity contribution is 0.0255. The summed E-state index contributed by atoms with van der Waals surface area (Å²) in [5.41, 5.74) is 0. The molecule has 0 bridgehead atoms. The van der Waals surface area contributed by atoms with E-state index in [9.17, 15) is 5.11 Å². The Bertz CT molecular complexity index is 202. The smallest absolute Gasteiger partial charge is 0.0543 e. The normalized spacial score (nSPS) is 43.4. The van der Waals surface area contributed by atoms with Gasteiger partial charge in [0, 0.05) is 0 Å². The highest BCUT2D eigenvalue weighted by molar-refractivity contribution is 4.87. The van der Waals surface area contributed by atoms with Crippen molar-refractivity contribution >= 4 is 0 Å². The zero-order valence-corrected chi connectivity index (χ0v) is 10.3. The standard InChI is InChI=1S/C14H26O/c1-3-10(2)12-5-4-11-6-7-14(15)9-13(11)8-12/h10-15H,3-9H2,1-2H3. The van der Waals surface area contributed by atoms with Gasteiger partial charge in [-0.1, -0.05) is 20.3 Å². The molecule has 0 heterocycles. The zero-order chi connectivity index (χ0) is 10.8. The second kappa shape index (κ2) is 4.86. The second-order valence-electron chi connectivity index (χ2n) is 5.95. The second-order valence-corrected chi connectivity index (χ2v) is 5.95. The Balaban J connectivity index is 1.91. The third-order valence-corrected chi connectivity index (χ3v) is 5.07. The van der Waals surface area contributed by atoms with E-state index in [1.807, 2.05) is 0 Å². The summed E-state index contributed by atoms with van der Waals surface area (Å²) in [7, 11) is 0. The van der Waals surface area contributed by atoms with Crippen LogP contribution < -0.4 is 0 Å². The molecule has 15 heavy (non-hydrogen) atoms. The van der Waals surface area contributed by atoms with E-state index in [1.54, 1.807) is 0 Å². The maximum atomic E-state index is 9.73. The molecule has 5 unspecified atom stereocenters. The lowest BCUT2D eigenvalue weighted by Crippen LogP contribution is -2.34. The van der Waals surface area contributed by atoms with E-state index in [4.69, 9.17) is 0 Å². The highest BCUT2D eigenvalue weighted by Gasteiger charge is 2.36. The fourth-order valence-corrected chi connectivity index (χ4v) is 3.76. The van der Waals surface area contributed by atoms with Crippen molar-refractivity contribution in [3.8, 4) is 0 Å². The largest absolute Gasteiger partial charge is 0.393 e. The van der Waals surface area contributed by atoms with E-state index in [0.717, 1.165) is 36.5 Å². The molecule has 0 aliphatic heterocycles. The predicted molar refractivity (Wildman–Crippen MR) is 63.6 cm³/mol. The average Bonchev–Trinajstić information content (AvgIpc) is 2.27. The van der Waals surface area contributed by atoms with Crippen molar-refractivity contribution in [2.24, 2.45) is 23.7 Å². The van der Waals surface area contributed by atoms with Gasteiger partial charge >= 0.3 is 0 Å². The number of rotatable bonds is 2. The van der Waals surface area contributed by atoms with Gasteiger partial charge in [0.05, 0.1) is 6.10 Å². The molecule has 1 N–H and O–H groups in total. The maximum Gasteiger partial charge on any atom is 0.0543 e. The highest BCUT2D eigenvalue weighted by Crippen LogP contribution is 2.45. The molecule has 0 aromatic heterocycles. The average molecular weight is 210 g/mol. The molecule has 0 spiro atoms. The van der Waals surface area contributed by atoms with Gasteiger partial charge in [-0.3, -0.25) is 0 Å². The summed E-state index contributed by atoms with van der Waals surface area (Å²) in [5.74, 6) is 3.64. The third-order valence-electron chi connectivity index (χ3n) is 5.07. The van der Waals surface area contributed by atoms with Crippen molar-refractivity contribution in [1.29, 1.82) is 0 Å². The molecular weight excluding hydrogens is 184 g/mol. The Morgan fingerprint density at radius 1 is 1.07 bits per heavy atom. The Kier molecular flexibility index (Phi) is 3.71. The minimum Gasteiger partial charge on any atom is -0.393 e. The van der Waals surface area contributed by atoms with Crippen LogP contribution in [0.5, 0.6) is 0 Å². The summed E-state index contributed by atoms with van der Waals surface area (Å²) in [6, 6.07) is 0. The van der Waals surface area contributed by atoms with Crippen LogP contribution in [0, 0.1) is 23.7 Å². The van der Waals surface area contributed by atoms with Crippen LogP contribution in [0.4, 0.5) is 0 Å². The molecule has 1 heteroatoms. The van der Waals surface area contributed by atoms with E-state index in [0.29, 0.717) is 0 Å². The number of hydrogen-bond acceptors (Lipinski definition) is 1. The fraction of sp³-hybridized carbons (Fsp3) is 1.00. The first-order valence-electron chi connectivity index (χ1n) is 6.88. The molecule has 2 saturated carbocycles. The van der Waals surface area contributed by atoms with Crippen molar-refractivity contribution in [3.63, 3.8) is 0 Å². The Morgan fingerprint density at radius 3 is 2.53 bits per heavy atom. The van der Waals surface area contributed by atoms with Crippen LogP contribution in [0.3, 0.4) is 0 Å². The van der Waals surface area contributed by atoms with Crippen molar-refractivity contribution in [3.05, 3.63) is 0 Å². The van der Waals surface area contributed by atoms with Crippen molar-refractivity contribution in [2.75, 3.05) is 0 Å². The number of aliphatic hydroxyl groups excluding tert-OH is 1. The number of hydrogen-bond donors (Lipinski definition) is 1. The first-order chi connectivity index (χ1) is 7.20. The molecule has 5 atom stereocenters. The molecule has 2 rings (SSSR count). The Hall–Kier alpha value is -0.0400. The fourth-order valence-electron chi connectivity index (χ4n) is 3.76. The van der Waals surface area contributed by atoms with E-state index in [-0.39, 0.29) is 6.10 Å². The van der Waals surface area contributed by atoms with Crippen LogP contribution in [0.2, 0.25) is 0 Å². The Morgan fingerprint density at radius 2 is 1.80 bits per heavy atom. The Labute approximate surface area is 94.3 Å². The van der Waals surface area contributed by atoms with E-state index in [2.05, 4.69) is 13.8 Å². The van der Waals surface area contributed by atoms with Crippen LogP contribution in [-0.4, -0.2) is 11.2 Å². The molecule has 88 valence electrons. The monoisotopic (exact) mass is 210 g/mol. The highest BCUT2D eigenvalue weighted by atomic mass is 16.3. The molecule has 2 aliphatic carbocycles. The summed E-state index contributed by atoms with van der Waals surface area (Å²) in [5, 5.41) is 9.73. The van der Waals surface area contributed by atoms with E-state index in [1.165, 1.54) is 32.1 Å². The van der Waals surface area contributed by atoms with Crippen LogP contribution in [0.1, 0.15) is 58.8 Å². The van der Waals surface area contributed by atoms with Crippen molar-refractivity contribution in [2.45, 2.75) is 64.9 Å². The third kappa shape index (κ3) is 2.55. The first-order valence-corrected chi connectivity index (χ1v) is 6.88. The molecule has 2 fully saturated rings. The van der Waals surface area contributed by atoms with Gasteiger partial charge in [0.1, 0.15) is 0 Å². The molecule has 0 radical (unpaired) electrons. The molecule has 0 saturated heterocycles. The summed E-state index contributed by atoms with van der Waals surface area (Å²) in [6.45, 7) is 4.72. The van der Waals surface area contributed by atoms with Gasteiger partial charge in [-0.2, -0.15) is 0 Å². The molecule has 0 aromatic rings. The molecule has 2 aliphatic rings. The molecule has 1 nitrogen and oxygen atoms in total. The summed E-state index contributed by atoms with van der Waals surface area (Å²) in [4.78, 5) is 0. The van der Waals surface area contributed by atoms with E-state index >= 15 is 0 Å². The van der Waals surface area contributed by atoms with Gasteiger partial charge in [0.15, 0.2) is 0 Å². The van der Waals surface area contributed by atoms with Gasteiger partial charge in [-0.05, 0) is 62.2 Å². The molecular formula is C14H26O. The van der Waals surface area contributed by atoms with Crippen LogP contribution in [-0.2, 0) is 0 Å². The summed E-state index contributed by atoms with van der Waals surface area (Å²) >= 11 is 0. The zero-order valence-electron chi connectivity index (χ0n) is 10.3. The number of aliphatic hydroxyl groups is 1. The van der Waals surface area contributed by atoms with Crippen LogP contribution in [0.25, 0.3) is 0 Å². The minimum absolute atomic E-state index is 0.0157. The van der Waals surface area contributed by atoms with Gasteiger partial charge < -0.3 is 5.11 Å². The van der Waals surface area contributed by atoms with Gasteiger partial charge in [0.2, 0.25) is 0 Å². The predicted octanol–water partition coefficient (Wildman–Crippen LogP) is 3.61. The summed E-state index contributed by atoms with van der Waals surface area (Å²) < 4.78 is 0. The van der Waals surface area contributed by atoms with Gasteiger partial charge in [-0.25, -0.2) is 0 Å². The lowest BCUT2D eigenvalue weighted by atomic mass is 9.64. The topological polar surface area (TPSA) is 20.2 Å². The minimum atomic E-state index is 0.0157. The number of fused-ring (bicyclic) bond motifs is 1. The summed E-state index contributed by atoms with van der Waals surface area (Å²) in [6.07, 6.45) is 9.08. The van der Waals surface area contributed by atoms with Crippen molar-refractivity contribution in [1.82, 2.24) is 0 Å². The maximum absolute atomic E-state index is 9.73. The van der Waals surface area contributed by atoms with E-state index < -0.39 is 0 Å². The van der Waals surface area contributed by atoms with Gasteiger partial charge in [-0.15, -0.1) is 0 Å². The van der Waals surface area contributed by atoms with Gasteiger partial charge in [0.25, 0.3) is 0 Å². The molecule has 0 aromatic carbocycles. The SMILES string of the molecule is CCC(C)C1CCC2CCC(O)CC2C1. The lowest BCUT2D eigenvalue weighted by Gasteiger charge is -2.42. The quantitative estimate of drug-likeness (QED) is 0.738. The van der Waals surface area contributed by atoms with Crippen LogP contribution in [0.15, 0.2) is 0 Å². The van der Waals surface area contributed by atoms with Crippen molar-refractivity contribution < 1.29 is 5.11 Å². The first kappa shape index (κ1) is 11.4. The molecule has 0 amide bonds. The van der Waals surface area contributed by atoms with Crippen LogP contribution >= 0.6 is 0 Å².